The summed E-state index contributed by atoms with van der Waals surface area (Å²) in [5, 5.41) is 3.44. The molecule has 7 heteroatoms. The molecule has 144 valence electrons. The number of halogens is 1. The fraction of sp³-hybridized carbons (Fsp3) is 0.526. The fourth-order valence-corrected chi connectivity index (χ4v) is 2.95. The van der Waals surface area contributed by atoms with Crippen LogP contribution in [0.5, 0.6) is 0 Å². The first-order valence-electron chi connectivity index (χ1n) is 8.89. The Kier molecular flexibility index (Phi) is 8.50. The van der Waals surface area contributed by atoms with Crippen LogP contribution < -0.4 is 5.32 Å². The molecule has 0 bridgehead atoms. The molecule has 2 aromatic heterocycles. The number of nitrogens with one attached hydrogen (secondary N) is 1. The SMILES string of the molecule is Cc1occc1CN(C)C(=NCC1CCCO1)NCCc1ccco1.I. The van der Waals surface area contributed by atoms with Crippen molar-refractivity contribution < 1.29 is 13.6 Å². The summed E-state index contributed by atoms with van der Waals surface area (Å²) in [5.41, 5.74) is 1.17. The molecule has 0 amide bonds. The Hall–Kier alpha value is -1.48. The third-order valence-corrected chi connectivity index (χ3v) is 4.44. The first-order chi connectivity index (χ1) is 12.2. The molecule has 2 aromatic rings. The second-order valence-corrected chi connectivity index (χ2v) is 6.41. The number of aryl methyl sites for hydroxylation is 1. The Bertz CT molecular complexity index is 663. The molecule has 1 saturated heterocycles. The van der Waals surface area contributed by atoms with Crippen LogP contribution in [0.2, 0.25) is 0 Å². The van der Waals surface area contributed by atoms with Crippen LogP contribution in [0.4, 0.5) is 0 Å². The highest BCUT2D eigenvalue weighted by Crippen LogP contribution is 2.13. The zero-order chi connectivity index (χ0) is 17.5. The second kappa shape index (κ2) is 10.6. The standard InChI is InChI=1S/C19H27N3O3.HI/c1-15-16(8-12-23-15)14-22(2)19(21-13-18-6-4-11-25-18)20-9-7-17-5-3-10-24-17;/h3,5,8,10,12,18H,4,6-7,9,11,13-14H2,1-2H3,(H,20,21);1H. The first-order valence-corrected chi connectivity index (χ1v) is 8.89. The van der Waals surface area contributed by atoms with Gasteiger partial charge in [-0.1, -0.05) is 0 Å². The van der Waals surface area contributed by atoms with Crippen LogP contribution in [0.3, 0.4) is 0 Å². The highest BCUT2D eigenvalue weighted by atomic mass is 127. The lowest BCUT2D eigenvalue weighted by Crippen LogP contribution is -2.40. The number of nitrogens with zero attached hydrogens (tertiary/aromatic N) is 2. The van der Waals surface area contributed by atoms with E-state index < -0.39 is 0 Å². The van der Waals surface area contributed by atoms with E-state index in [1.165, 1.54) is 5.56 Å². The van der Waals surface area contributed by atoms with Gasteiger partial charge in [-0.15, -0.1) is 24.0 Å². The molecule has 6 nitrogen and oxygen atoms in total. The van der Waals surface area contributed by atoms with E-state index in [2.05, 4.69) is 10.2 Å². The van der Waals surface area contributed by atoms with Gasteiger partial charge in [-0.3, -0.25) is 4.99 Å². The van der Waals surface area contributed by atoms with Gasteiger partial charge < -0.3 is 23.8 Å². The average molecular weight is 473 g/mol. The second-order valence-electron chi connectivity index (χ2n) is 6.41. The molecule has 1 aliphatic heterocycles. The normalized spacial score (nSPS) is 17.2. The maximum Gasteiger partial charge on any atom is 0.194 e. The number of rotatable bonds is 7. The number of ether oxygens (including phenoxy) is 1. The molecule has 0 saturated carbocycles. The smallest absolute Gasteiger partial charge is 0.194 e. The van der Waals surface area contributed by atoms with E-state index in [4.69, 9.17) is 18.6 Å². The Morgan fingerprint density at radius 3 is 2.85 bits per heavy atom. The van der Waals surface area contributed by atoms with E-state index in [1.54, 1.807) is 12.5 Å². The molecular formula is C19H28IN3O3. The van der Waals surface area contributed by atoms with Crippen molar-refractivity contribution in [3.8, 4) is 0 Å². The van der Waals surface area contributed by atoms with Crippen LogP contribution >= 0.6 is 24.0 Å². The molecule has 0 aromatic carbocycles. The van der Waals surface area contributed by atoms with Crippen LogP contribution in [0, 0.1) is 6.92 Å². The Morgan fingerprint density at radius 1 is 1.31 bits per heavy atom. The maximum absolute atomic E-state index is 5.69. The van der Waals surface area contributed by atoms with Gasteiger partial charge >= 0.3 is 0 Å². The summed E-state index contributed by atoms with van der Waals surface area (Å²) in [4.78, 5) is 6.90. The van der Waals surface area contributed by atoms with Gasteiger partial charge in [-0.2, -0.15) is 0 Å². The van der Waals surface area contributed by atoms with E-state index in [0.29, 0.717) is 6.54 Å². The third kappa shape index (κ3) is 6.05. The summed E-state index contributed by atoms with van der Waals surface area (Å²) in [6.45, 7) is 5.05. The molecule has 1 unspecified atom stereocenters. The molecule has 0 radical (unpaired) electrons. The Labute approximate surface area is 172 Å². The van der Waals surface area contributed by atoms with Crippen LogP contribution in [0.15, 0.2) is 44.6 Å². The van der Waals surface area contributed by atoms with Crippen molar-refractivity contribution in [1.29, 1.82) is 0 Å². The van der Waals surface area contributed by atoms with Gasteiger partial charge in [0.1, 0.15) is 11.5 Å². The summed E-state index contributed by atoms with van der Waals surface area (Å²) in [5.74, 6) is 2.79. The fourth-order valence-electron chi connectivity index (χ4n) is 2.95. The zero-order valence-electron chi connectivity index (χ0n) is 15.4. The van der Waals surface area contributed by atoms with Gasteiger partial charge in [0.2, 0.25) is 0 Å². The number of aliphatic imine (C=N–C) groups is 1. The summed E-state index contributed by atoms with van der Waals surface area (Å²) < 4.78 is 16.5. The van der Waals surface area contributed by atoms with E-state index in [0.717, 1.165) is 56.4 Å². The van der Waals surface area contributed by atoms with E-state index in [-0.39, 0.29) is 30.1 Å². The monoisotopic (exact) mass is 473 g/mol. The highest BCUT2D eigenvalue weighted by Gasteiger charge is 2.16. The lowest BCUT2D eigenvalue weighted by molar-refractivity contribution is 0.117. The number of guanidine groups is 1. The van der Waals surface area contributed by atoms with Crippen molar-refractivity contribution in [2.24, 2.45) is 4.99 Å². The van der Waals surface area contributed by atoms with Gasteiger partial charge in [-0.25, -0.2) is 0 Å². The molecule has 0 aliphatic carbocycles. The predicted molar refractivity (Wildman–Crippen MR) is 112 cm³/mol. The van der Waals surface area contributed by atoms with E-state index >= 15 is 0 Å². The van der Waals surface area contributed by atoms with Crippen LogP contribution in [0.1, 0.15) is 29.9 Å². The van der Waals surface area contributed by atoms with Gasteiger partial charge in [0.15, 0.2) is 5.96 Å². The molecule has 1 N–H and O–H groups in total. The van der Waals surface area contributed by atoms with Crippen molar-refractivity contribution in [3.05, 3.63) is 47.8 Å². The number of furan rings is 2. The predicted octanol–water partition coefficient (Wildman–Crippen LogP) is 3.60. The van der Waals surface area contributed by atoms with Crippen molar-refractivity contribution >= 4 is 29.9 Å². The van der Waals surface area contributed by atoms with Gasteiger partial charge in [0.05, 0.1) is 25.2 Å². The number of hydrogen-bond acceptors (Lipinski definition) is 4. The zero-order valence-corrected chi connectivity index (χ0v) is 17.8. The van der Waals surface area contributed by atoms with Gasteiger partial charge in [-0.05, 0) is 38.0 Å². The topological polar surface area (TPSA) is 63.1 Å². The molecule has 3 heterocycles. The molecule has 26 heavy (non-hydrogen) atoms. The van der Waals surface area contributed by atoms with E-state index in [9.17, 15) is 0 Å². The van der Waals surface area contributed by atoms with Crippen molar-refractivity contribution in [3.63, 3.8) is 0 Å². The maximum atomic E-state index is 5.69. The molecule has 1 fully saturated rings. The summed E-state index contributed by atoms with van der Waals surface area (Å²) in [6.07, 6.45) is 6.72. The van der Waals surface area contributed by atoms with Crippen LogP contribution in [0.25, 0.3) is 0 Å². The third-order valence-electron chi connectivity index (χ3n) is 4.44. The Morgan fingerprint density at radius 2 is 2.19 bits per heavy atom. The summed E-state index contributed by atoms with van der Waals surface area (Å²) in [7, 11) is 2.04. The first kappa shape index (κ1) is 20.8. The molecular weight excluding hydrogens is 445 g/mol. The van der Waals surface area contributed by atoms with E-state index in [1.807, 2.05) is 32.2 Å². The largest absolute Gasteiger partial charge is 0.469 e. The molecule has 1 aliphatic rings. The highest BCUT2D eigenvalue weighted by molar-refractivity contribution is 14.0. The van der Waals surface area contributed by atoms with Crippen LogP contribution in [-0.2, 0) is 17.7 Å². The average Bonchev–Trinajstić information content (AvgIpc) is 3.35. The van der Waals surface area contributed by atoms with Crippen molar-refractivity contribution in [1.82, 2.24) is 10.2 Å². The number of hydrogen-bond donors (Lipinski definition) is 1. The molecule has 0 spiro atoms. The van der Waals surface area contributed by atoms with Crippen molar-refractivity contribution in [2.45, 2.75) is 38.8 Å². The molecule has 1 atom stereocenters. The van der Waals surface area contributed by atoms with Gasteiger partial charge in [0.25, 0.3) is 0 Å². The minimum absolute atomic E-state index is 0. The summed E-state index contributed by atoms with van der Waals surface area (Å²) in [6, 6.07) is 5.91. The van der Waals surface area contributed by atoms with Gasteiger partial charge in [0, 0.05) is 38.7 Å². The Balaban J connectivity index is 0.00000243. The lowest BCUT2D eigenvalue weighted by atomic mass is 10.2. The minimum Gasteiger partial charge on any atom is -0.469 e. The lowest BCUT2D eigenvalue weighted by Gasteiger charge is -2.23. The molecule has 3 rings (SSSR count). The van der Waals surface area contributed by atoms with Crippen molar-refractivity contribution in [2.75, 3.05) is 26.7 Å². The summed E-state index contributed by atoms with van der Waals surface area (Å²) >= 11 is 0. The quantitative estimate of drug-likeness (QED) is 0.378. The van der Waals surface area contributed by atoms with Crippen LogP contribution in [-0.4, -0.2) is 43.7 Å². The minimum atomic E-state index is 0.